The van der Waals surface area contributed by atoms with Crippen LogP contribution in [-0.2, 0) is 17.8 Å². The van der Waals surface area contributed by atoms with Crippen molar-refractivity contribution in [1.82, 2.24) is 4.90 Å². The van der Waals surface area contributed by atoms with E-state index in [0.29, 0.717) is 6.54 Å². The molecule has 2 aromatic rings. The second-order valence-corrected chi connectivity index (χ2v) is 5.39. The summed E-state index contributed by atoms with van der Waals surface area (Å²) >= 11 is 0. The van der Waals surface area contributed by atoms with E-state index in [2.05, 4.69) is 12.1 Å². The molecule has 2 N–H and O–H groups in total. The average Bonchev–Trinajstić information content (AvgIpc) is 2.42. The van der Waals surface area contributed by atoms with Crippen molar-refractivity contribution in [3.63, 3.8) is 0 Å². The maximum atomic E-state index is 12.5. The minimum atomic E-state index is 0.0324. The molecule has 0 fully saturated rings. The number of hydrogen-bond donors (Lipinski definition) is 1. The zero-order chi connectivity index (χ0) is 14.1. The highest BCUT2D eigenvalue weighted by molar-refractivity contribution is 5.86. The minimum Gasteiger partial charge on any atom is -0.399 e. The molecule has 1 aliphatic rings. The highest BCUT2D eigenvalue weighted by Crippen LogP contribution is 2.36. The summed E-state index contributed by atoms with van der Waals surface area (Å²) in [6, 6.07) is 15.8. The standard InChI is InChI=1S/C17H18N2O/c1-19(11-12-6-8-14(18)9-7-12)17(20)16-10-13-4-2-3-5-15(13)16/h2-9,16H,10-11,18H2,1H3. The fourth-order valence-corrected chi connectivity index (χ4v) is 2.72. The lowest BCUT2D eigenvalue weighted by Gasteiger charge is -2.32. The number of carbonyl (C=O) groups is 1. The number of fused-ring (bicyclic) bond motifs is 1. The lowest BCUT2D eigenvalue weighted by molar-refractivity contribution is -0.132. The number of benzene rings is 2. The highest BCUT2D eigenvalue weighted by Gasteiger charge is 2.33. The molecule has 0 spiro atoms. The first-order chi connectivity index (χ1) is 9.65. The van der Waals surface area contributed by atoms with E-state index in [9.17, 15) is 4.79 Å². The summed E-state index contributed by atoms with van der Waals surface area (Å²) in [5, 5.41) is 0. The van der Waals surface area contributed by atoms with Gasteiger partial charge >= 0.3 is 0 Å². The number of nitrogens with two attached hydrogens (primary N) is 1. The van der Waals surface area contributed by atoms with Crippen LogP contribution < -0.4 is 5.73 Å². The molecule has 0 saturated carbocycles. The van der Waals surface area contributed by atoms with E-state index < -0.39 is 0 Å². The van der Waals surface area contributed by atoms with Gasteiger partial charge in [0.05, 0.1) is 5.92 Å². The summed E-state index contributed by atoms with van der Waals surface area (Å²) < 4.78 is 0. The van der Waals surface area contributed by atoms with Crippen molar-refractivity contribution in [3.8, 4) is 0 Å². The lowest BCUT2D eigenvalue weighted by Crippen LogP contribution is -2.36. The summed E-state index contributed by atoms with van der Waals surface area (Å²) in [5.41, 5.74) is 9.99. The summed E-state index contributed by atoms with van der Waals surface area (Å²) in [4.78, 5) is 14.3. The van der Waals surface area contributed by atoms with Crippen LogP contribution in [-0.4, -0.2) is 17.9 Å². The Morgan fingerprint density at radius 2 is 1.90 bits per heavy atom. The van der Waals surface area contributed by atoms with Crippen LogP contribution in [0.5, 0.6) is 0 Å². The van der Waals surface area contributed by atoms with Crippen LogP contribution in [0.25, 0.3) is 0 Å². The van der Waals surface area contributed by atoms with Gasteiger partial charge in [0.25, 0.3) is 0 Å². The van der Waals surface area contributed by atoms with E-state index >= 15 is 0 Å². The van der Waals surface area contributed by atoms with Crippen LogP contribution in [0.3, 0.4) is 0 Å². The molecule has 3 nitrogen and oxygen atoms in total. The maximum absolute atomic E-state index is 12.5. The summed E-state index contributed by atoms with van der Waals surface area (Å²) in [7, 11) is 1.86. The first-order valence-electron chi connectivity index (χ1n) is 6.82. The number of rotatable bonds is 3. The first-order valence-corrected chi connectivity index (χ1v) is 6.82. The third-order valence-electron chi connectivity index (χ3n) is 3.93. The predicted octanol–water partition coefficient (Wildman–Crippen LogP) is 2.57. The number of carbonyl (C=O) groups excluding carboxylic acids is 1. The van der Waals surface area contributed by atoms with E-state index in [-0.39, 0.29) is 11.8 Å². The fourth-order valence-electron chi connectivity index (χ4n) is 2.72. The Morgan fingerprint density at radius 1 is 1.20 bits per heavy atom. The van der Waals surface area contributed by atoms with Crippen LogP contribution >= 0.6 is 0 Å². The molecule has 1 amide bonds. The van der Waals surface area contributed by atoms with Crippen molar-refractivity contribution < 1.29 is 4.79 Å². The van der Waals surface area contributed by atoms with Crippen molar-refractivity contribution >= 4 is 11.6 Å². The minimum absolute atomic E-state index is 0.0324. The van der Waals surface area contributed by atoms with E-state index in [1.807, 2.05) is 43.4 Å². The third-order valence-corrected chi connectivity index (χ3v) is 3.93. The number of amides is 1. The Kier molecular flexibility index (Phi) is 3.18. The van der Waals surface area contributed by atoms with Gasteiger partial charge in [-0.1, -0.05) is 36.4 Å². The molecule has 102 valence electrons. The average molecular weight is 266 g/mol. The Labute approximate surface area is 119 Å². The fraction of sp³-hybridized carbons (Fsp3) is 0.235. The Balaban J connectivity index is 1.68. The smallest absolute Gasteiger partial charge is 0.230 e. The second-order valence-electron chi connectivity index (χ2n) is 5.39. The molecule has 0 bridgehead atoms. The van der Waals surface area contributed by atoms with Gasteiger partial charge in [-0.3, -0.25) is 4.79 Å². The molecule has 0 radical (unpaired) electrons. The number of nitrogen functional groups attached to an aromatic ring is 1. The molecule has 0 saturated heterocycles. The van der Waals surface area contributed by atoms with Crippen LogP contribution in [0.2, 0.25) is 0 Å². The van der Waals surface area contributed by atoms with E-state index in [0.717, 1.165) is 17.7 Å². The lowest BCUT2D eigenvalue weighted by atomic mass is 9.77. The van der Waals surface area contributed by atoms with E-state index in [1.165, 1.54) is 11.1 Å². The van der Waals surface area contributed by atoms with Crippen molar-refractivity contribution in [2.24, 2.45) is 0 Å². The molecule has 1 aliphatic carbocycles. The Hall–Kier alpha value is -2.29. The normalized spacial score (nSPS) is 16.1. The molecule has 0 aliphatic heterocycles. The maximum Gasteiger partial charge on any atom is 0.230 e. The zero-order valence-electron chi connectivity index (χ0n) is 11.5. The van der Waals surface area contributed by atoms with E-state index in [4.69, 9.17) is 5.73 Å². The summed E-state index contributed by atoms with van der Waals surface area (Å²) in [6.45, 7) is 0.623. The highest BCUT2D eigenvalue weighted by atomic mass is 16.2. The summed E-state index contributed by atoms with van der Waals surface area (Å²) in [6.07, 6.45) is 0.862. The number of anilines is 1. The molecule has 2 aromatic carbocycles. The van der Waals surface area contributed by atoms with Gasteiger partial charge in [-0.25, -0.2) is 0 Å². The molecule has 20 heavy (non-hydrogen) atoms. The van der Waals surface area contributed by atoms with Gasteiger partial charge in [0, 0.05) is 19.3 Å². The zero-order valence-corrected chi connectivity index (χ0v) is 11.5. The van der Waals surface area contributed by atoms with Crippen molar-refractivity contribution in [2.45, 2.75) is 18.9 Å². The summed E-state index contributed by atoms with van der Waals surface area (Å²) in [5.74, 6) is 0.227. The van der Waals surface area contributed by atoms with Crippen LogP contribution in [0, 0.1) is 0 Å². The molecule has 3 heteroatoms. The Bertz CT molecular complexity index is 634. The van der Waals surface area contributed by atoms with Gasteiger partial charge in [-0.05, 0) is 35.2 Å². The molecule has 0 heterocycles. The van der Waals surface area contributed by atoms with Gasteiger partial charge in [0.15, 0.2) is 0 Å². The molecule has 0 aromatic heterocycles. The van der Waals surface area contributed by atoms with Gasteiger partial charge in [0.1, 0.15) is 0 Å². The monoisotopic (exact) mass is 266 g/mol. The van der Waals surface area contributed by atoms with Crippen molar-refractivity contribution in [2.75, 3.05) is 12.8 Å². The number of nitrogens with zero attached hydrogens (tertiary/aromatic N) is 1. The van der Waals surface area contributed by atoms with Crippen molar-refractivity contribution in [1.29, 1.82) is 0 Å². The molecular formula is C17H18N2O. The number of hydrogen-bond acceptors (Lipinski definition) is 2. The van der Waals surface area contributed by atoms with Crippen LogP contribution in [0.1, 0.15) is 22.6 Å². The molecular weight excluding hydrogens is 248 g/mol. The predicted molar refractivity (Wildman–Crippen MR) is 80.2 cm³/mol. The van der Waals surface area contributed by atoms with Gasteiger partial charge in [-0.2, -0.15) is 0 Å². The topological polar surface area (TPSA) is 46.3 Å². The van der Waals surface area contributed by atoms with Gasteiger partial charge < -0.3 is 10.6 Å². The first kappa shape index (κ1) is 12.7. The van der Waals surface area contributed by atoms with Crippen molar-refractivity contribution in [3.05, 3.63) is 65.2 Å². The van der Waals surface area contributed by atoms with E-state index in [1.54, 1.807) is 4.90 Å². The third kappa shape index (κ3) is 2.27. The quantitative estimate of drug-likeness (QED) is 0.868. The second kappa shape index (κ2) is 5.00. The SMILES string of the molecule is CN(Cc1ccc(N)cc1)C(=O)C1Cc2ccccc21. The number of likely N-dealkylation sites (N-methyl/N-ethyl adjacent to an activating group) is 1. The van der Waals surface area contributed by atoms with Gasteiger partial charge in [-0.15, -0.1) is 0 Å². The van der Waals surface area contributed by atoms with Crippen LogP contribution in [0.15, 0.2) is 48.5 Å². The molecule has 1 unspecified atom stereocenters. The Morgan fingerprint density at radius 3 is 2.60 bits per heavy atom. The van der Waals surface area contributed by atoms with Gasteiger partial charge in [0.2, 0.25) is 5.91 Å². The van der Waals surface area contributed by atoms with Crippen LogP contribution in [0.4, 0.5) is 5.69 Å². The molecule has 1 atom stereocenters. The molecule has 3 rings (SSSR count). The largest absolute Gasteiger partial charge is 0.399 e.